The summed E-state index contributed by atoms with van der Waals surface area (Å²) in [6.07, 6.45) is 0.240. The zero-order chi connectivity index (χ0) is 16.8. The molecule has 0 bridgehead atoms. The highest BCUT2D eigenvalue weighted by atomic mass is 32.2. The molecule has 0 atom stereocenters. The van der Waals surface area contributed by atoms with E-state index in [1.54, 1.807) is 6.92 Å². The van der Waals surface area contributed by atoms with Gasteiger partial charge in [-0.2, -0.15) is 22.5 Å². The summed E-state index contributed by atoms with van der Waals surface area (Å²) < 4.78 is 59.2. The number of oxime groups is 1. The Labute approximate surface area is 127 Å². The Balaban J connectivity index is 3.22. The number of nitrogens with zero attached hydrogens (tertiary/aromatic N) is 2. The maximum absolute atomic E-state index is 13.6. The summed E-state index contributed by atoms with van der Waals surface area (Å²) in [5.41, 5.74) is -1.24. The summed E-state index contributed by atoms with van der Waals surface area (Å²) in [5, 5.41) is 11.5. The average Bonchev–Trinajstić information content (AvgIpc) is 2.47. The molecular weight excluding hydrogens is 318 g/mol. The molecule has 1 aromatic rings. The summed E-state index contributed by atoms with van der Waals surface area (Å²) in [6.45, 7) is 1.58. The maximum Gasteiger partial charge on any atom is 0.377 e. The van der Waals surface area contributed by atoms with Crippen molar-refractivity contribution in [2.75, 3.05) is 12.9 Å². The maximum atomic E-state index is 13.6. The van der Waals surface area contributed by atoms with E-state index >= 15 is 0 Å². The molecular formula is C13H14F2N2O4S. The lowest BCUT2D eigenvalue weighted by Crippen LogP contribution is -2.28. The van der Waals surface area contributed by atoms with Gasteiger partial charge in [-0.05, 0) is 30.7 Å². The Morgan fingerprint density at radius 3 is 2.41 bits per heavy atom. The molecule has 22 heavy (non-hydrogen) atoms. The van der Waals surface area contributed by atoms with Crippen molar-refractivity contribution >= 4 is 15.8 Å². The molecule has 0 aromatic heterocycles. The van der Waals surface area contributed by atoms with Crippen LogP contribution in [0, 0.1) is 11.3 Å². The fourth-order valence-electron chi connectivity index (χ4n) is 1.47. The normalized spacial score (nSPS) is 12.6. The SMILES string of the molecule is CCCS(=O)(=O)ON=C(c1ccc(OC)cc1)C(F)(F)C#N. The summed E-state index contributed by atoms with van der Waals surface area (Å²) in [4.78, 5) is 0. The molecule has 6 nitrogen and oxygen atoms in total. The molecule has 0 unspecified atom stereocenters. The number of rotatable bonds is 7. The molecule has 120 valence electrons. The molecule has 0 amide bonds. The van der Waals surface area contributed by atoms with E-state index in [1.807, 2.05) is 0 Å². The van der Waals surface area contributed by atoms with Gasteiger partial charge in [-0.25, -0.2) is 0 Å². The van der Waals surface area contributed by atoms with Crippen LogP contribution in [0.4, 0.5) is 8.78 Å². The molecule has 1 aromatic carbocycles. The molecule has 9 heteroatoms. The monoisotopic (exact) mass is 332 g/mol. The minimum Gasteiger partial charge on any atom is -0.497 e. The molecule has 1 rings (SSSR count). The zero-order valence-electron chi connectivity index (χ0n) is 11.9. The molecule has 0 radical (unpaired) electrons. The van der Waals surface area contributed by atoms with Crippen LogP contribution in [0.3, 0.4) is 0 Å². The van der Waals surface area contributed by atoms with Crippen LogP contribution in [0.15, 0.2) is 29.4 Å². The van der Waals surface area contributed by atoms with Gasteiger partial charge in [0.2, 0.25) is 0 Å². The third-order valence-corrected chi connectivity index (χ3v) is 3.71. The van der Waals surface area contributed by atoms with Gasteiger partial charge in [-0.1, -0.05) is 12.1 Å². The second kappa shape index (κ2) is 7.17. The number of hydrogen-bond donors (Lipinski definition) is 0. The second-order valence-corrected chi connectivity index (χ2v) is 5.86. The lowest BCUT2D eigenvalue weighted by atomic mass is 10.1. The van der Waals surface area contributed by atoms with Crippen LogP contribution in [-0.4, -0.2) is 32.9 Å². The first-order valence-electron chi connectivity index (χ1n) is 6.19. The van der Waals surface area contributed by atoms with E-state index in [0.717, 1.165) is 6.07 Å². The van der Waals surface area contributed by atoms with Crippen molar-refractivity contribution in [1.29, 1.82) is 5.26 Å². The number of ether oxygens (including phenoxy) is 1. The third-order valence-electron chi connectivity index (χ3n) is 2.50. The summed E-state index contributed by atoms with van der Waals surface area (Å²) >= 11 is 0. The van der Waals surface area contributed by atoms with Gasteiger partial charge in [0.1, 0.15) is 11.8 Å². The second-order valence-electron chi connectivity index (χ2n) is 4.19. The minimum absolute atomic E-state index is 0.154. The highest BCUT2D eigenvalue weighted by molar-refractivity contribution is 7.86. The van der Waals surface area contributed by atoms with Crippen LogP contribution in [0.2, 0.25) is 0 Å². The quantitative estimate of drug-likeness (QED) is 0.565. The van der Waals surface area contributed by atoms with Crippen molar-refractivity contribution < 1.29 is 26.2 Å². The number of methoxy groups -OCH3 is 1. The van der Waals surface area contributed by atoms with Crippen molar-refractivity contribution in [3.8, 4) is 11.8 Å². The van der Waals surface area contributed by atoms with Crippen molar-refractivity contribution in [1.82, 2.24) is 0 Å². The van der Waals surface area contributed by atoms with Gasteiger partial charge in [0.25, 0.3) is 0 Å². The van der Waals surface area contributed by atoms with Gasteiger partial charge in [0, 0.05) is 5.56 Å². The topological polar surface area (TPSA) is 88.8 Å². The van der Waals surface area contributed by atoms with Gasteiger partial charge < -0.3 is 4.74 Å². The van der Waals surface area contributed by atoms with Crippen molar-refractivity contribution in [3.05, 3.63) is 29.8 Å². The van der Waals surface area contributed by atoms with Crippen LogP contribution in [-0.2, 0) is 14.4 Å². The highest BCUT2D eigenvalue weighted by Crippen LogP contribution is 2.23. The largest absolute Gasteiger partial charge is 0.497 e. The zero-order valence-corrected chi connectivity index (χ0v) is 12.7. The molecule has 0 saturated carbocycles. The van der Waals surface area contributed by atoms with Gasteiger partial charge in [-0.3, -0.25) is 4.28 Å². The molecule has 0 fully saturated rings. The van der Waals surface area contributed by atoms with Crippen LogP contribution < -0.4 is 4.74 Å². The lowest BCUT2D eigenvalue weighted by molar-refractivity contribution is 0.139. The van der Waals surface area contributed by atoms with Crippen LogP contribution >= 0.6 is 0 Å². The van der Waals surface area contributed by atoms with Gasteiger partial charge in [0.15, 0.2) is 5.71 Å². The number of hydrogen-bond acceptors (Lipinski definition) is 6. The Bertz CT molecular complexity index is 679. The van der Waals surface area contributed by atoms with E-state index in [4.69, 9.17) is 10.00 Å². The first kappa shape index (κ1) is 17.8. The van der Waals surface area contributed by atoms with Crippen LogP contribution in [0.1, 0.15) is 18.9 Å². The number of nitriles is 1. The average molecular weight is 332 g/mol. The lowest BCUT2D eigenvalue weighted by Gasteiger charge is -2.11. The molecule has 0 spiro atoms. The highest BCUT2D eigenvalue weighted by Gasteiger charge is 2.38. The van der Waals surface area contributed by atoms with Gasteiger partial charge in [0.05, 0.1) is 12.9 Å². The summed E-state index contributed by atoms with van der Waals surface area (Å²) in [5.74, 6) is -3.97. The minimum atomic E-state index is -4.07. The molecule has 0 aliphatic carbocycles. The van der Waals surface area contributed by atoms with E-state index in [9.17, 15) is 17.2 Å². The molecule has 0 saturated heterocycles. The fourth-order valence-corrected chi connectivity index (χ4v) is 2.24. The van der Waals surface area contributed by atoms with Gasteiger partial charge in [-0.15, -0.1) is 0 Å². The van der Waals surface area contributed by atoms with Crippen molar-refractivity contribution in [2.45, 2.75) is 19.3 Å². The van der Waals surface area contributed by atoms with E-state index in [-0.39, 0.29) is 17.7 Å². The standard InChI is InChI=1S/C13H14F2N2O4S/c1-3-8-22(18,19)21-17-12(13(14,15)9-16)10-4-6-11(20-2)7-5-10/h4-7H,3,8H2,1-2H3. The molecule has 0 N–H and O–H groups in total. The van der Waals surface area contributed by atoms with Crippen LogP contribution in [0.25, 0.3) is 0 Å². The van der Waals surface area contributed by atoms with E-state index < -0.39 is 21.8 Å². The molecule has 0 aliphatic rings. The van der Waals surface area contributed by atoms with E-state index in [1.165, 1.54) is 31.4 Å². The van der Waals surface area contributed by atoms with Crippen molar-refractivity contribution in [3.63, 3.8) is 0 Å². The Morgan fingerprint density at radius 1 is 1.36 bits per heavy atom. The first-order chi connectivity index (χ1) is 10.3. The molecule has 0 aliphatic heterocycles. The summed E-state index contributed by atoms with van der Waals surface area (Å²) in [7, 11) is -2.67. The first-order valence-corrected chi connectivity index (χ1v) is 7.76. The van der Waals surface area contributed by atoms with E-state index in [0.29, 0.717) is 5.75 Å². The predicted molar refractivity (Wildman–Crippen MR) is 75.3 cm³/mol. The van der Waals surface area contributed by atoms with Crippen molar-refractivity contribution in [2.24, 2.45) is 5.16 Å². The third kappa shape index (κ3) is 4.66. The Kier molecular flexibility index (Phi) is 5.82. The number of benzene rings is 1. The Hall–Kier alpha value is -2.21. The smallest absolute Gasteiger partial charge is 0.377 e. The number of alkyl halides is 2. The Morgan fingerprint density at radius 2 is 1.95 bits per heavy atom. The summed E-state index contributed by atoms with van der Waals surface area (Å²) in [6, 6.07) is 5.96. The molecule has 0 heterocycles. The van der Waals surface area contributed by atoms with Gasteiger partial charge >= 0.3 is 16.0 Å². The van der Waals surface area contributed by atoms with E-state index in [2.05, 4.69) is 9.44 Å². The number of halogens is 2. The fraction of sp³-hybridized carbons (Fsp3) is 0.385. The predicted octanol–water partition coefficient (Wildman–Crippen LogP) is 2.31. The van der Waals surface area contributed by atoms with Crippen LogP contribution in [0.5, 0.6) is 5.75 Å².